The molecule has 0 aliphatic heterocycles. The molecule has 0 bridgehead atoms. The first-order valence-corrected chi connectivity index (χ1v) is 10.5. The molecule has 0 fully saturated rings. The van der Waals surface area contributed by atoms with Crippen LogP contribution in [-0.2, 0) is 0 Å². The summed E-state index contributed by atoms with van der Waals surface area (Å²) in [5.74, 6) is 0. The van der Waals surface area contributed by atoms with Crippen LogP contribution in [0.4, 0.5) is 11.4 Å². The van der Waals surface area contributed by atoms with Crippen molar-refractivity contribution in [2.24, 2.45) is 0 Å². The van der Waals surface area contributed by atoms with Crippen LogP contribution in [0.25, 0.3) is 44.7 Å². The number of hydrogen-bond donors (Lipinski definition) is 1. The summed E-state index contributed by atoms with van der Waals surface area (Å²) in [6.45, 7) is 0. The Labute approximate surface area is 173 Å². The van der Waals surface area contributed by atoms with Crippen LogP contribution in [0.15, 0.2) is 83.3 Å². The van der Waals surface area contributed by atoms with Gasteiger partial charge in [-0.25, -0.2) is 0 Å². The van der Waals surface area contributed by atoms with Crippen molar-refractivity contribution in [3.63, 3.8) is 0 Å². The molecule has 0 unspecified atom stereocenters. The maximum Gasteiger partial charge on any atom is 0.158 e. The molecule has 1 aromatic heterocycles. The van der Waals surface area contributed by atoms with E-state index in [2.05, 4.69) is 78.1 Å². The summed E-state index contributed by atoms with van der Waals surface area (Å²) in [7, 11) is 0. The number of furan rings is 1. The fraction of sp³-hybridized carbons (Fsp3) is 0.0714. The van der Waals surface area contributed by atoms with Crippen LogP contribution >= 0.6 is 0 Å². The number of para-hydroxylation sites is 2. The van der Waals surface area contributed by atoms with Crippen LogP contribution in [0.1, 0.15) is 18.4 Å². The largest absolute Gasteiger partial charge is 0.454 e. The molecule has 2 aliphatic rings. The van der Waals surface area contributed by atoms with Gasteiger partial charge in [0.25, 0.3) is 0 Å². The van der Waals surface area contributed by atoms with Gasteiger partial charge in [0.05, 0.1) is 5.69 Å². The SMILES string of the molecule is C1=c2c(Nc3cccc4c3oc3ccccc34)ccc3c2=C(CC1)c1ccccc1-3. The fourth-order valence-corrected chi connectivity index (χ4v) is 5.22. The normalized spacial score (nSPS) is 13.9. The highest BCUT2D eigenvalue weighted by atomic mass is 16.3. The summed E-state index contributed by atoms with van der Waals surface area (Å²) >= 11 is 0. The second kappa shape index (κ2) is 5.87. The van der Waals surface area contributed by atoms with E-state index in [0.717, 1.165) is 46.2 Å². The lowest BCUT2D eigenvalue weighted by Gasteiger charge is -2.13. The van der Waals surface area contributed by atoms with E-state index < -0.39 is 0 Å². The topological polar surface area (TPSA) is 25.2 Å². The van der Waals surface area contributed by atoms with E-state index in [1.807, 2.05) is 12.1 Å². The molecule has 4 aromatic carbocycles. The van der Waals surface area contributed by atoms with Crippen molar-refractivity contribution in [2.45, 2.75) is 12.8 Å². The molecular formula is C28H19NO. The lowest BCUT2D eigenvalue weighted by Crippen LogP contribution is -2.31. The summed E-state index contributed by atoms with van der Waals surface area (Å²) in [5.41, 5.74) is 9.61. The van der Waals surface area contributed by atoms with Crippen LogP contribution in [0.3, 0.4) is 0 Å². The molecule has 2 nitrogen and oxygen atoms in total. The molecule has 1 N–H and O–H groups in total. The Hall–Kier alpha value is -3.78. The van der Waals surface area contributed by atoms with Crippen LogP contribution in [0, 0.1) is 0 Å². The Morgan fingerprint density at radius 2 is 1.50 bits per heavy atom. The van der Waals surface area contributed by atoms with Gasteiger partial charge in [-0.1, -0.05) is 66.7 Å². The van der Waals surface area contributed by atoms with Gasteiger partial charge in [-0.3, -0.25) is 0 Å². The molecule has 0 amide bonds. The number of nitrogens with one attached hydrogen (secondary N) is 1. The van der Waals surface area contributed by atoms with Crippen molar-refractivity contribution >= 4 is 45.0 Å². The lowest BCUT2D eigenvalue weighted by molar-refractivity contribution is 0.670. The molecule has 30 heavy (non-hydrogen) atoms. The third-order valence-electron chi connectivity index (χ3n) is 6.51. The Balaban J connectivity index is 1.45. The fourth-order valence-electron chi connectivity index (χ4n) is 5.22. The van der Waals surface area contributed by atoms with E-state index in [0.29, 0.717) is 0 Å². The van der Waals surface area contributed by atoms with E-state index in [-0.39, 0.29) is 0 Å². The maximum atomic E-state index is 6.23. The van der Waals surface area contributed by atoms with E-state index in [1.165, 1.54) is 32.7 Å². The molecule has 142 valence electrons. The van der Waals surface area contributed by atoms with Gasteiger partial charge in [0, 0.05) is 21.7 Å². The van der Waals surface area contributed by atoms with Crippen LogP contribution in [0.5, 0.6) is 0 Å². The molecule has 0 spiro atoms. The van der Waals surface area contributed by atoms with Crippen molar-refractivity contribution in [1.82, 2.24) is 0 Å². The van der Waals surface area contributed by atoms with E-state index >= 15 is 0 Å². The molecule has 2 heteroatoms. The zero-order valence-corrected chi connectivity index (χ0v) is 16.4. The molecule has 0 saturated carbocycles. The number of hydrogen-bond acceptors (Lipinski definition) is 2. The Kier molecular flexibility index (Phi) is 3.14. The highest BCUT2D eigenvalue weighted by molar-refractivity contribution is 6.09. The minimum atomic E-state index is 0.912. The number of benzene rings is 4. The number of rotatable bonds is 2. The Morgan fingerprint density at radius 3 is 2.47 bits per heavy atom. The molecule has 0 atom stereocenters. The molecule has 1 heterocycles. The van der Waals surface area contributed by atoms with Gasteiger partial charge in [-0.15, -0.1) is 0 Å². The average molecular weight is 385 g/mol. The van der Waals surface area contributed by atoms with E-state index in [1.54, 1.807) is 0 Å². The molecular weight excluding hydrogens is 366 g/mol. The molecule has 0 radical (unpaired) electrons. The predicted molar refractivity (Wildman–Crippen MR) is 124 cm³/mol. The minimum Gasteiger partial charge on any atom is -0.454 e. The Morgan fingerprint density at radius 1 is 0.667 bits per heavy atom. The average Bonchev–Trinajstić information content (AvgIpc) is 3.34. The van der Waals surface area contributed by atoms with Crippen molar-refractivity contribution in [3.8, 4) is 11.1 Å². The maximum absolute atomic E-state index is 6.23. The van der Waals surface area contributed by atoms with Gasteiger partial charge in [0.15, 0.2) is 5.58 Å². The van der Waals surface area contributed by atoms with Crippen molar-refractivity contribution in [3.05, 3.63) is 94.9 Å². The summed E-state index contributed by atoms with van der Waals surface area (Å²) in [4.78, 5) is 0. The van der Waals surface area contributed by atoms with Gasteiger partial charge in [0.2, 0.25) is 0 Å². The van der Waals surface area contributed by atoms with Crippen molar-refractivity contribution < 1.29 is 4.42 Å². The predicted octanol–water partition coefficient (Wildman–Crippen LogP) is 6.08. The van der Waals surface area contributed by atoms with Crippen LogP contribution in [-0.4, -0.2) is 0 Å². The number of fused-ring (bicyclic) bond motifs is 6. The first-order valence-electron chi connectivity index (χ1n) is 10.5. The lowest BCUT2D eigenvalue weighted by atomic mass is 9.97. The van der Waals surface area contributed by atoms with Crippen LogP contribution < -0.4 is 15.8 Å². The van der Waals surface area contributed by atoms with Gasteiger partial charge >= 0.3 is 0 Å². The molecule has 7 rings (SSSR count). The second-order valence-corrected chi connectivity index (χ2v) is 8.12. The summed E-state index contributed by atoms with van der Waals surface area (Å²) < 4.78 is 6.23. The van der Waals surface area contributed by atoms with Crippen LogP contribution in [0.2, 0.25) is 0 Å². The third-order valence-corrected chi connectivity index (χ3v) is 6.51. The quantitative estimate of drug-likeness (QED) is 0.398. The van der Waals surface area contributed by atoms with Crippen molar-refractivity contribution in [1.29, 1.82) is 0 Å². The van der Waals surface area contributed by atoms with Crippen molar-refractivity contribution in [2.75, 3.05) is 5.32 Å². The first-order chi connectivity index (χ1) is 14.9. The summed E-state index contributed by atoms with van der Waals surface area (Å²) in [6.07, 6.45) is 4.57. The van der Waals surface area contributed by atoms with Gasteiger partial charge in [0.1, 0.15) is 5.58 Å². The summed E-state index contributed by atoms with van der Waals surface area (Å²) in [6, 6.07) is 27.9. The molecule has 5 aromatic rings. The van der Waals surface area contributed by atoms with Gasteiger partial charge in [-0.05, 0) is 58.5 Å². The highest BCUT2D eigenvalue weighted by Crippen LogP contribution is 2.36. The second-order valence-electron chi connectivity index (χ2n) is 8.12. The first kappa shape index (κ1) is 16.1. The van der Waals surface area contributed by atoms with E-state index in [9.17, 15) is 0 Å². The Bertz CT molecular complexity index is 1620. The third kappa shape index (κ3) is 2.08. The number of anilines is 2. The zero-order chi connectivity index (χ0) is 19.7. The standard InChI is InChI=1S/C28H19NO/c1-2-8-18-17(7-1)20-10-5-12-23-24(16-15-21(18)27(20)23)29-25-13-6-11-22-19-9-3-4-14-26(19)30-28(22)25/h1-4,6-9,11-16,29H,5,10H2. The molecule has 0 saturated heterocycles. The highest BCUT2D eigenvalue weighted by Gasteiger charge is 2.22. The monoisotopic (exact) mass is 385 g/mol. The zero-order valence-electron chi connectivity index (χ0n) is 16.4. The minimum absolute atomic E-state index is 0.912. The van der Waals surface area contributed by atoms with Gasteiger partial charge < -0.3 is 9.73 Å². The smallest absolute Gasteiger partial charge is 0.158 e. The molecule has 2 aliphatic carbocycles. The van der Waals surface area contributed by atoms with E-state index in [4.69, 9.17) is 4.42 Å². The summed E-state index contributed by atoms with van der Waals surface area (Å²) in [5, 5.41) is 8.73. The van der Waals surface area contributed by atoms with Gasteiger partial charge in [-0.2, -0.15) is 0 Å².